The summed E-state index contributed by atoms with van der Waals surface area (Å²) in [4.78, 5) is 32.7. The van der Waals surface area contributed by atoms with Crippen LogP contribution in [0.25, 0.3) is 5.76 Å². The second-order valence-corrected chi connectivity index (χ2v) is 9.09. The molecule has 174 valence electrons. The third-order valence-corrected chi connectivity index (χ3v) is 6.62. The zero-order chi connectivity index (χ0) is 23.5. The van der Waals surface area contributed by atoms with Gasteiger partial charge in [0.1, 0.15) is 17.6 Å². The summed E-state index contributed by atoms with van der Waals surface area (Å²) in [5, 5.41) is 11.4. The molecule has 0 spiro atoms. The molecule has 6 heteroatoms. The van der Waals surface area contributed by atoms with E-state index in [-0.39, 0.29) is 23.3 Å². The Kier molecular flexibility index (Phi) is 6.82. The molecular weight excluding hydrogens is 416 g/mol. The van der Waals surface area contributed by atoms with Crippen molar-refractivity contribution in [3.8, 4) is 5.75 Å². The van der Waals surface area contributed by atoms with Crippen molar-refractivity contribution >= 4 is 17.4 Å². The molecule has 1 aliphatic heterocycles. The molecule has 2 fully saturated rings. The number of aliphatic hydroxyl groups is 1. The molecule has 1 atom stereocenters. The molecule has 1 unspecified atom stereocenters. The number of nitrogens with zero attached hydrogens (tertiary/aromatic N) is 2. The van der Waals surface area contributed by atoms with Crippen molar-refractivity contribution in [1.82, 2.24) is 9.88 Å². The van der Waals surface area contributed by atoms with E-state index < -0.39 is 17.7 Å². The van der Waals surface area contributed by atoms with Gasteiger partial charge in [0.2, 0.25) is 0 Å². The van der Waals surface area contributed by atoms with Crippen molar-refractivity contribution in [3.63, 3.8) is 0 Å². The highest BCUT2D eigenvalue weighted by Gasteiger charge is 2.49. The number of ether oxygens (including phenoxy) is 1. The van der Waals surface area contributed by atoms with Crippen LogP contribution in [0.4, 0.5) is 0 Å². The molecule has 2 aromatic rings. The Hall–Kier alpha value is -3.15. The number of Topliss-reactive ketones (excluding diaryl/α,β-unsaturated/α-hetero) is 1. The first kappa shape index (κ1) is 23.0. The molecule has 2 aliphatic rings. The lowest BCUT2D eigenvalue weighted by atomic mass is 9.91. The smallest absolute Gasteiger partial charge is 0.295 e. The number of carbonyl (C=O) groups excluding carboxylic acids is 2. The summed E-state index contributed by atoms with van der Waals surface area (Å²) in [6.45, 7) is 6.57. The number of pyridine rings is 1. The van der Waals surface area contributed by atoms with E-state index in [9.17, 15) is 14.7 Å². The van der Waals surface area contributed by atoms with Crippen molar-refractivity contribution < 1.29 is 19.4 Å². The summed E-state index contributed by atoms with van der Waals surface area (Å²) in [5.41, 5.74) is 2.16. The molecular formula is C27H32N2O4. The molecule has 0 bridgehead atoms. The number of rotatable bonds is 6. The van der Waals surface area contributed by atoms with Crippen LogP contribution in [0.15, 0.2) is 48.2 Å². The highest BCUT2D eigenvalue weighted by Crippen LogP contribution is 2.43. The Bertz CT molecular complexity index is 1060. The average Bonchev–Trinajstić information content (AvgIpc) is 3.10. The lowest BCUT2D eigenvalue weighted by Gasteiger charge is -2.35. The molecule has 1 N–H and O–H groups in total. The van der Waals surface area contributed by atoms with Crippen LogP contribution >= 0.6 is 0 Å². The molecule has 1 aromatic heterocycles. The van der Waals surface area contributed by atoms with Gasteiger partial charge in [-0.05, 0) is 61.6 Å². The summed E-state index contributed by atoms with van der Waals surface area (Å²) in [7, 11) is 0. The fraction of sp³-hybridized carbons (Fsp3) is 0.444. The largest absolute Gasteiger partial charge is 0.507 e. The number of aromatic nitrogens is 1. The summed E-state index contributed by atoms with van der Waals surface area (Å²) in [5.74, 6) is -0.432. The maximum Gasteiger partial charge on any atom is 0.295 e. The van der Waals surface area contributed by atoms with Gasteiger partial charge in [-0.3, -0.25) is 14.6 Å². The average molecular weight is 449 g/mol. The van der Waals surface area contributed by atoms with Crippen molar-refractivity contribution in [2.24, 2.45) is 0 Å². The minimum absolute atomic E-state index is 0.0286. The van der Waals surface area contributed by atoms with E-state index in [4.69, 9.17) is 4.74 Å². The zero-order valence-electron chi connectivity index (χ0n) is 19.6. The molecule has 1 aliphatic carbocycles. The fourth-order valence-electron chi connectivity index (χ4n) is 5.00. The lowest BCUT2D eigenvalue weighted by Crippen LogP contribution is -2.40. The maximum absolute atomic E-state index is 13.3. The lowest BCUT2D eigenvalue weighted by molar-refractivity contribution is -0.141. The highest BCUT2D eigenvalue weighted by atomic mass is 16.5. The highest BCUT2D eigenvalue weighted by molar-refractivity contribution is 6.46. The van der Waals surface area contributed by atoms with Crippen LogP contribution in [-0.4, -0.2) is 39.3 Å². The van der Waals surface area contributed by atoms with E-state index in [1.807, 2.05) is 31.2 Å². The van der Waals surface area contributed by atoms with E-state index in [0.717, 1.165) is 43.4 Å². The minimum atomic E-state index is -0.691. The Balaban J connectivity index is 1.85. The maximum atomic E-state index is 13.3. The van der Waals surface area contributed by atoms with Gasteiger partial charge in [0.25, 0.3) is 11.7 Å². The molecule has 6 nitrogen and oxygen atoms in total. The number of benzene rings is 1. The Morgan fingerprint density at radius 2 is 1.91 bits per heavy atom. The van der Waals surface area contributed by atoms with Crippen LogP contribution < -0.4 is 4.74 Å². The first-order valence-corrected chi connectivity index (χ1v) is 11.9. The number of carbonyl (C=O) groups is 2. The number of ketones is 1. The van der Waals surface area contributed by atoms with Gasteiger partial charge in [-0.15, -0.1) is 0 Å². The van der Waals surface area contributed by atoms with Gasteiger partial charge in [0.15, 0.2) is 0 Å². The van der Waals surface area contributed by atoms with Gasteiger partial charge in [-0.2, -0.15) is 0 Å². The predicted octanol–water partition coefficient (Wildman–Crippen LogP) is 5.36. The summed E-state index contributed by atoms with van der Waals surface area (Å²) < 4.78 is 5.75. The Labute approximate surface area is 195 Å². The number of amides is 1. The zero-order valence-corrected chi connectivity index (χ0v) is 19.6. The molecule has 1 amide bonds. The van der Waals surface area contributed by atoms with Crippen LogP contribution in [0.5, 0.6) is 5.75 Å². The quantitative estimate of drug-likeness (QED) is 0.366. The van der Waals surface area contributed by atoms with Crippen LogP contribution in [-0.2, 0) is 9.59 Å². The van der Waals surface area contributed by atoms with Gasteiger partial charge in [-0.25, -0.2) is 0 Å². The van der Waals surface area contributed by atoms with Crippen molar-refractivity contribution in [2.45, 2.75) is 70.9 Å². The number of hydrogen-bond donors (Lipinski definition) is 1. The fourth-order valence-corrected chi connectivity index (χ4v) is 5.00. The van der Waals surface area contributed by atoms with Crippen LogP contribution in [0.3, 0.4) is 0 Å². The second-order valence-electron chi connectivity index (χ2n) is 9.09. The molecule has 2 heterocycles. The molecule has 4 rings (SSSR count). The number of likely N-dealkylation sites (tertiary alicyclic amines) is 1. The molecule has 1 saturated heterocycles. The predicted molar refractivity (Wildman–Crippen MR) is 127 cm³/mol. The van der Waals surface area contributed by atoms with E-state index >= 15 is 0 Å². The first-order chi connectivity index (χ1) is 15.9. The minimum Gasteiger partial charge on any atom is -0.507 e. The van der Waals surface area contributed by atoms with Crippen molar-refractivity contribution in [2.75, 3.05) is 6.61 Å². The third kappa shape index (κ3) is 4.39. The SMILES string of the molecule is CCOc1ccc(/C(O)=C2/C(=O)C(=O)N(C3CCCCC3)C2c2ccccn2)cc1C(C)C. The Morgan fingerprint density at radius 1 is 1.15 bits per heavy atom. The topological polar surface area (TPSA) is 79.7 Å². The van der Waals surface area contributed by atoms with E-state index in [1.165, 1.54) is 0 Å². The van der Waals surface area contributed by atoms with Gasteiger partial charge in [0, 0.05) is 17.8 Å². The molecule has 0 radical (unpaired) electrons. The standard InChI is InChI=1S/C27H32N2O4/c1-4-33-22-14-13-18(16-20(22)17(2)3)25(30)23-24(21-12-8-9-15-28-21)29(27(32)26(23)31)19-10-6-5-7-11-19/h8-9,12-17,19,24,30H,4-7,10-11H2,1-3H3/b25-23-. The van der Waals surface area contributed by atoms with Crippen LogP contribution in [0, 0.1) is 0 Å². The monoisotopic (exact) mass is 448 g/mol. The molecule has 1 aromatic carbocycles. The molecule has 33 heavy (non-hydrogen) atoms. The molecule has 1 saturated carbocycles. The van der Waals surface area contributed by atoms with Crippen LogP contribution in [0.1, 0.15) is 81.7 Å². The third-order valence-electron chi connectivity index (χ3n) is 6.62. The van der Waals surface area contributed by atoms with E-state index in [2.05, 4.69) is 18.8 Å². The van der Waals surface area contributed by atoms with E-state index in [0.29, 0.717) is 17.9 Å². The van der Waals surface area contributed by atoms with Crippen molar-refractivity contribution in [3.05, 3.63) is 65.0 Å². The second kappa shape index (κ2) is 9.77. The van der Waals surface area contributed by atoms with Gasteiger partial charge in [-0.1, -0.05) is 39.2 Å². The number of aliphatic hydroxyl groups excluding tert-OH is 1. The number of hydrogen-bond acceptors (Lipinski definition) is 5. The van der Waals surface area contributed by atoms with Gasteiger partial charge >= 0.3 is 0 Å². The summed E-state index contributed by atoms with van der Waals surface area (Å²) in [6, 6.07) is 10.2. The van der Waals surface area contributed by atoms with Crippen LogP contribution in [0.2, 0.25) is 0 Å². The summed E-state index contributed by atoms with van der Waals surface area (Å²) >= 11 is 0. The van der Waals surface area contributed by atoms with E-state index in [1.54, 1.807) is 23.2 Å². The Morgan fingerprint density at radius 3 is 2.55 bits per heavy atom. The van der Waals surface area contributed by atoms with Crippen molar-refractivity contribution in [1.29, 1.82) is 0 Å². The normalized spacial score (nSPS) is 21.1. The van der Waals surface area contributed by atoms with Gasteiger partial charge in [0.05, 0.1) is 17.9 Å². The first-order valence-electron chi connectivity index (χ1n) is 11.9. The van der Waals surface area contributed by atoms with Gasteiger partial charge < -0.3 is 14.7 Å². The summed E-state index contributed by atoms with van der Waals surface area (Å²) in [6.07, 6.45) is 6.56.